The van der Waals surface area contributed by atoms with E-state index in [1.165, 1.54) is 5.56 Å². The normalized spacial score (nSPS) is 12.5. The molecule has 0 amide bonds. The first-order chi connectivity index (χ1) is 13.7. The van der Waals surface area contributed by atoms with Crippen LogP contribution in [0.25, 0.3) is 21.9 Å². The molecule has 0 saturated heterocycles. The van der Waals surface area contributed by atoms with Crippen molar-refractivity contribution in [3.8, 4) is 11.1 Å². The van der Waals surface area contributed by atoms with Crippen molar-refractivity contribution in [3.05, 3.63) is 69.1 Å². The summed E-state index contributed by atoms with van der Waals surface area (Å²) in [5, 5.41) is 1.54. The van der Waals surface area contributed by atoms with E-state index in [0.29, 0.717) is 11.1 Å². The Morgan fingerprint density at radius 3 is 2.28 bits per heavy atom. The van der Waals surface area contributed by atoms with Gasteiger partial charge in [0.05, 0.1) is 18.6 Å². The van der Waals surface area contributed by atoms with E-state index in [9.17, 15) is 9.59 Å². The van der Waals surface area contributed by atoms with Crippen LogP contribution >= 0.6 is 0 Å². The van der Waals surface area contributed by atoms with Crippen molar-refractivity contribution in [3.63, 3.8) is 0 Å². The molecule has 0 spiro atoms. The van der Waals surface area contributed by atoms with Gasteiger partial charge >= 0.3 is 0 Å². The molecule has 0 radical (unpaired) electrons. The second-order valence-corrected chi connectivity index (χ2v) is 8.12. The molecule has 4 nitrogen and oxygen atoms in total. The Morgan fingerprint density at radius 2 is 1.66 bits per heavy atom. The van der Waals surface area contributed by atoms with Gasteiger partial charge in [0.1, 0.15) is 6.29 Å². The van der Waals surface area contributed by atoms with Crippen molar-refractivity contribution in [2.24, 2.45) is 7.05 Å². The van der Waals surface area contributed by atoms with Gasteiger partial charge < -0.3 is 14.1 Å². The maximum Gasteiger partial charge on any atom is 0.258 e. The standard InChI is InChI=1S/C25H29NO3/c1-15(2)29-14-19(13-27)24-23(20-9-7-16(3)11-18(20)5)22-12-17(4)8-10-21(22)25(28)26(24)6/h7-13,15,19H,14H2,1-6H3. The summed E-state index contributed by atoms with van der Waals surface area (Å²) in [4.78, 5) is 25.3. The van der Waals surface area contributed by atoms with Gasteiger partial charge in [-0.25, -0.2) is 0 Å². The minimum atomic E-state index is -0.532. The van der Waals surface area contributed by atoms with Gasteiger partial charge in [0.2, 0.25) is 0 Å². The van der Waals surface area contributed by atoms with Crippen LogP contribution in [0.1, 0.15) is 42.1 Å². The van der Waals surface area contributed by atoms with E-state index in [1.807, 2.05) is 39.0 Å². The van der Waals surface area contributed by atoms with E-state index in [2.05, 4.69) is 32.0 Å². The molecule has 1 aromatic heterocycles. The SMILES string of the molecule is Cc1ccc(-c2c(C(C=O)COC(C)C)n(C)c(=O)c3ccc(C)cc23)c(C)c1. The lowest BCUT2D eigenvalue weighted by Crippen LogP contribution is -2.27. The van der Waals surface area contributed by atoms with Crippen LogP contribution in [0, 0.1) is 20.8 Å². The molecule has 152 valence electrons. The number of fused-ring (bicyclic) bond motifs is 1. The lowest BCUT2D eigenvalue weighted by atomic mass is 9.88. The van der Waals surface area contributed by atoms with Crippen LogP contribution < -0.4 is 5.56 Å². The number of aryl methyl sites for hydroxylation is 3. The highest BCUT2D eigenvalue weighted by atomic mass is 16.5. The third kappa shape index (κ3) is 4.03. The second-order valence-electron chi connectivity index (χ2n) is 8.12. The smallest absolute Gasteiger partial charge is 0.258 e. The van der Waals surface area contributed by atoms with E-state index in [1.54, 1.807) is 11.6 Å². The number of benzene rings is 2. The van der Waals surface area contributed by atoms with Crippen LogP contribution in [0.3, 0.4) is 0 Å². The minimum absolute atomic E-state index is 0.00161. The number of hydrogen-bond acceptors (Lipinski definition) is 3. The predicted molar refractivity (Wildman–Crippen MR) is 119 cm³/mol. The molecule has 0 aliphatic rings. The van der Waals surface area contributed by atoms with Crippen LogP contribution in [-0.4, -0.2) is 23.6 Å². The predicted octanol–water partition coefficient (Wildman–Crippen LogP) is 4.84. The molecule has 4 heteroatoms. The first-order valence-electron chi connectivity index (χ1n) is 10.0. The molecule has 1 atom stereocenters. The Hall–Kier alpha value is -2.72. The average molecular weight is 392 g/mol. The third-order valence-corrected chi connectivity index (χ3v) is 5.37. The number of pyridine rings is 1. The Kier molecular flexibility index (Phi) is 6.04. The van der Waals surface area contributed by atoms with Crippen molar-refractivity contribution in [1.29, 1.82) is 0 Å². The summed E-state index contributed by atoms with van der Waals surface area (Å²) in [6.45, 7) is 10.3. The molecule has 1 heterocycles. The fraction of sp³-hybridized carbons (Fsp3) is 0.360. The van der Waals surface area contributed by atoms with Gasteiger partial charge in [0.15, 0.2) is 0 Å². The van der Waals surface area contributed by atoms with E-state index in [-0.39, 0.29) is 18.3 Å². The summed E-state index contributed by atoms with van der Waals surface area (Å²) in [5.41, 5.74) is 5.94. The van der Waals surface area contributed by atoms with Gasteiger partial charge in [0, 0.05) is 23.7 Å². The molecule has 0 bridgehead atoms. The first-order valence-corrected chi connectivity index (χ1v) is 10.0. The zero-order chi connectivity index (χ0) is 21.3. The van der Waals surface area contributed by atoms with Crippen molar-refractivity contribution in [1.82, 2.24) is 4.57 Å². The Morgan fingerprint density at radius 1 is 1.00 bits per heavy atom. The summed E-state index contributed by atoms with van der Waals surface area (Å²) in [6.07, 6.45) is 0.896. The Labute approximate surface area is 172 Å². The van der Waals surface area contributed by atoms with Crippen molar-refractivity contribution < 1.29 is 9.53 Å². The largest absolute Gasteiger partial charge is 0.378 e. The third-order valence-electron chi connectivity index (χ3n) is 5.37. The van der Waals surface area contributed by atoms with Crippen molar-refractivity contribution >= 4 is 17.1 Å². The van der Waals surface area contributed by atoms with Crippen molar-refractivity contribution in [2.45, 2.75) is 46.6 Å². The van der Waals surface area contributed by atoms with Crippen LogP contribution in [-0.2, 0) is 16.6 Å². The number of carbonyl (C=O) groups excluding carboxylic acids is 1. The number of rotatable bonds is 6. The summed E-state index contributed by atoms with van der Waals surface area (Å²) in [6, 6.07) is 12.2. The summed E-state index contributed by atoms with van der Waals surface area (Å²) < 4.78 is 7.39. The number of carbonyl (C=O) groups is 1. The molecule has 0 saturated carbocycles. The van der Waals surface area contributed by atoms with E-state index in [0.717, 1.165) is 33.9 Å². The fourth-order valence-corrected chi connectivity index (χ4v) is 3.94. The van der Waals surface area contributed by atoms with Crippen molar-refractivity contribution in [2.75, 3.05) is 6.61 Å². The van der Waals surface area contributed by atoms with Gasteiger partial charge in [-0.3, -0.25) is 4.79 Å². The van der Waals surface area contributed by atoms with Gasteiger partial charge in [-0.05, 0) is 57.2 Å². The molecular formula is C25H29NO3. The van der Waals surface area contributed by atoms with E-state index < -0.39 is 5.92 Å². The highest BCUT2D eigenvalue weighted by molar-refractivity contribution is 5.99. The molecule has 0 N–H and O–H groups in total. The molecule has 0 aliphatic carbocycles. The zero-order valence-electron chi connectivity index (χ0n) is 18.1. The highest BCUT2D eigenvalue weighted by Gasteiger charge is 2.24. The van der Waals surface area contributed by atoms with E-state index in [4.69, 9.17) is 4.74 Å². The number of nitrogens with zero attached hydrogens (tertiary/aromatic N) is 1. The average Bonchev–Trinajstić information content (AvgIpc) is 2.66. The number of aromatic nitrogens is 1. The molecule has 1 unspecified atom stereocenters. The molecule has 3 aromatic rings. The Balaban J connectivity index is 2.44. The van der Waals surface area contributed by atoms with Gasteiger partial charge in [0.25, 0.3) is 5.56 Å². The van der Waals surface area contributed by atoms with Gasteiger partial charge in [-0.15, -0.1) is 0 Å². The number of aldehydes is 1. The molecule has 0 aliphatic heterocycles. The zero-order valence-corrected chi connectivity index (χ0v) is 18.1. The fourth-order valence-electron chi connectivity index (χ4n) is 3.94. The minimum Gasteiger partial charge on any atom is -0.378 e. The molecule has 3 rings (SSSR count). The lowest BCUT2D eigenvalue weighted by molar-refractivity contribution is -0.110. The molecule has 0 fully saturated rings. The lowest BCUT2D eigenvalue weighted by Gasteiger charge is -2.23. The van der Waals surface area contributed by atoms with Crippen LogP contribution in [0.5, 0.6) is 0 Å². The quantitative estimate of drug-likeness (QED) is 0.565. The topological polar surface area (TPSA) is 48.3 Å². The Bertz CT molecular complexity index is 1130. The van der Waals surface area contributed by atoms with E-state index >= 15 is 0 Å². The van der Waals surface area contributed by atoms with Crippen LogP contribution in [0.2, 0.25) is 0 Å². The number of hydrogen-bond donors (Lipinski definition) is 0. The second kappa shape index (κ2) is 8.34. The van der Waals surface area contributed by atoms with Crippen LogP contribution in [0.4, 0.5) is 0 Å². The summed E-state index contributed by atoms with van der Waals surface area (Å²) >= 11 is 0. The molecular weight excluding hydrogens is 362 g/mol. The van der Waals surface area contributed by atoms with Crippen LogP contribution in [0.15, 0.2) is 41.2 Å². The molecule has 2 aromatic carbocycles. The summed E-state index contributed by atoms with van der Waals surface area (Å²) in [7, 11) is 1.75. The van der Waals surface area contributed by atoms with Gasteiger partial charge in [-0.1, -0.05) is 41.5 Å². The highest BCUT2D eigenvalue weighted by Crippen LogP contribution is 2.36. The van der Waals surface area contributed by atoms with Gasteiger partial charge in [-0.2, -0.15) is 0 Å². The first kappa shape index (κ1) is 21.0. The maximum atomic E-state index is 13.1. The maximum absolute atomic E-state index is 13.1. The number of ether oxygens (including phenoxy) is 1. The monoisotopic (exact) mass is 391 g/mol. The molecule has 29 heavy (non-hydrogen) atoms. The summed E-state index contributed by atoms with van der Waals surface area (Å²) in [5.74, 6) is -0.532.